The van der Waals surface area contributed by atoms with E-state index in [0.29, 0.717) is 0 Å². The van der Waals surface area contributed by atoms with Crippen LogP contribution in [0.2, 0.25) is 0 Å². The molecular formula is C17H18FN3O4S. The highest BCUT2D eigenvalue weighted by Gasteiger charge is 2.29. The molecule has 0 radical (unpaired) electrons. The van der Waals surface area contributed by atoms with Crippen LogP contribution in [0.5, 0.6) is 0 Å². The Labute approximate surface area is 150 Å². The molecule has 1 fully saturated rings. The monoisotopic (exact) mass is 379 g/mol. The van der Waals surface area contributed by atoms with Gasteiger partial charge in [-0.3, -0.25) is 9.78 Å². The number of nitrogens with zero attached hydrogens (tertiary/aromatic N) is 2. The zero-order valence-electron chi connectivity index (χ0n) is 13.9. The quantitative estimate of drug-likeness (QED) is 0.843. The summed E-state index contributed by atoms with van der Waals surface area (Å²) in [5, 5.41) is 2.66. The number of halogens is 1. The largest absolute Gasteiger partial charge is 0.379 e. The summed E-state index contributed by atoms with van der Waals surface area (Å²) >= 11 is 0. The normalized spacial score (nSPS) is 15.6. The first-order valence-corrected chi connectivity index (χ1v) is 9.47. The molecule has 0 aliphatic carbocycles. The summed E-state index contributed by atoms with van der Waals surface area (Å²) in [5.74, 6) is -1.38. The highest BCUT2D eigenvalue weighted by molar-refractivity contribution is 7.89. The number of nitrogens with one attached hydrogen (secondary N) is 1. The van der Waals surface area contributed by atoms with Crippen molar-refractivity contribution in [3.05, 3.63) is 59.7 Å². The molecule has 1 aliphatic rings. The summed E-state index contributed by atoms with van der Waals surface area (Å²) in [6.07, 6.45) is 3.23. The molecule has 0 unspecified atom stereocenters. The molecule has 1 aromatic carbocycles. The van der Waals surface area contributed by atoms with Gasteiger partial charge in [0.2, 0.25) is 10.0 Å². The summed E-state index contributed by atoms with van der Waals surface area (Å²) in [7, 11) is -4.03. The van der Waals surface area contributed by atoms with Crippen LogP contribution in [0.3, 0.4) is 0 Å². The second-order valence-electron chi connectivity index (χ2n) is 5.71. The van der Waals surface area contributed by atoms with Crippen molar-refractivity contribution in [2.24, 2.45) is 0 Å². The van der Waals surface area contributed by atoms with Crippen LogP contribution in [-0.4, -0.2) is 49.9 Å². The van der Waals surface area contributed by atoms with Crippen molar-refractivity contribution in [1.82, 2.24) is 14.6 Å². The Hall–Kier alpha value is -2.36. The number of rotatable bonds is 5. The van der Waals surface area contributed by atoms with Crippen LogP contribution < -0.4 is 5.32 Å². The van der Waals surface area contributed by atoms with Gasteiger partial charge >= 0.3 is 0 Å². The van der Waals surface area contributed by atoms with Gasteiger partial charge in [0.1, 0.15) is 10.7 Å². The van der Waals surface area contributed by atoms with E-state index in [1.807, 2.05) is 0 Å². The third-order valence-corrected chi connectivity index (χ3v) is 5.87. The Balaban J connectivity index is 1.79. The van der Waals surface area contributed by atoms with Gasteiger partial charge in [0, 0.05) is 37.6 Å². The Bertz CT molecular complexity index is 884. The number of benzene rings is 1. The number of hydrogen-bond acceptors (Lipinski definition) is 5. The molecule has 0 saturated carbocycles. The molecule has 3 rings (SSSR count). The maximum absolute atomic E-state index is 14.2. The minimum atomic E-state index is -4.03. The number of ether oxygens (including phenoxy) is 1. The van der Waals surface area contributed by atoms with E-state index in [-0.39, 0.29) is 38.4 Å². The van der Waals surface area contributed by atoms with Crippen molar-refractivity contribution in [2.75, 3.05) is 26.3 Å². The standard InChI is InChI=1S/C17H18FN3O4S/c18-15-4-3-14(17(22)20-12-13-2-1-5-19-11-13)10-16(15)26(23,24)21-6-8-25-9-7-21/h1-5,10-11H,6-9,12H2,(H,20,22). The van der Waals surface area contributed by atoms with E-state index >= 15 is 0 Å². The number of hydrogen-bond donors (Lipinski definition) is 1. The number of carbonyl (C=O) groups is 1. The van der Waals surface area contributed by atoms with Crippen molar-refractivity contribution < 1.29 is 22.3 Å². The van der Waals surface area contributed by atoms with E-state index < -0.39 is 26.6 Å². The second kappa shape index (κ2) is 7.90. The third kappa shape index (κ3) is 4.06. The lowest BCUT2D eigenvalue weighted by molar-refractivity contribution is 0.0729. The number of morpholine rings is 1. The summed E-state index contributed by atoms with van der Waals surface area (Å²) < 4.78 is 45.7. The second-order valence-corrected chi connectivity index (χ2v) is 7.61. The average Bonchev–Trinajstić information content (AvgIpc) is 2.68. The molecule has 138 valence electrons. The van der Waals surface area contributed by atoms with Crippen molar-refractivity contribution in [3.63, 3.8) is 0 Å². The van der Waals surface area contributed by atoms with Gasteiger partial charge in [0.15, 0.2) is 0 Å². The summed E-state index contributed by atoms with van der Waals surface area (Å²) in [5.41, 5.74) is 0.867. The fourth-order valence-corrected chi connectivity index (χ4v) is 4.05. The zero-order valence-corrected chi connectivity index (χ0v) is 14.7. The molecule has 9 heteroatoms. The number of amides is 1. The molecule has 0 bridgehead atoms. The van der Waals surface area contributed by atoms with Gasteiger partial charge in [-0.15, -0.1) is 0 Å². The van der Waals surface area contributed by atoms with E-state index in [9.17, 15) is 17.6 Å². The van der Waals surface area contributed by atoms with E-state index in [1.54, 1.807) is 24.5 Å². The van der Waals surface area contributed by atoms with Crippen LogP contribution in [0.15, 0.2) is 47.6 Å². The molecule has 1 aliphatic heterocycles. The van der Waals surface area contributed by atoms with Crippen LogP contribution in [-0.2, 0) is 21.3 Å². The Kier molecular flexibility index (Phi) is 5.60. The fraction of sp³-hybridized carbons (Fsp3) is 0.294. The van der Waals surface area contributed by atoms with Gasteiger partial charge in [0.05, 0.1) is 13.2 Å². The van der Waals surface area contributed by atoms with Crippen LogP contribution in [0.4, 0.5) is 4.39 Å². The van der Waals surface area contributed by atoms with Crippen molar-refractivity contribution in [3.8, 4) is 0 Å². The van der Waals surface area contributed by atoms with E-state index in [2.05, 4.69) is 10.3 Å². The van der Waals surface area contributed by atoms with Gasteiger partial charge in [-0.1, -0.05) is 6.07 Å². The molecule has 2 aromatic rings. The minimum absolute atomic E-state index is 0.0714. The highest BCUT2D eigenvalue weighted by atomic mass is 32.2. The smallest absolute Gasteiger partial charge is 0.251 e. The van der Waals surface area contributed by atoms with Gasteiger partial charge in [-0.25, -0.2) is 12.8 Å². The van der Waals surface area contributed by atoms with Crippen molar-refractivity contribution in [2.45, 2.75) is 11.4 Å². The van der Waals surface area contributed by atoms with Crippen LogP contribution in [0.25, 0.3) is 0 Å². The van der Waals surface area contributed by atoms with Crippen molar-refractivity contribution >= 4 is 15.9 Å². The molecule has 7 nitrogen and oxygen atoms in total. The average molecular weight is 379 g/mol. The molecule has 0 atom stereocenters. The fourth-order valence-electron chi connectivity index (χ4n) is 2.56. The van der Waals surface area contributed by atoms with E-state index in [0.717, 1.165) is 22.0 Å². The lowest BCUT2D eigenvalue weighted by atomic mass is 10.2. The first-order chi connectivity index (χ1) is 12.5. The van der Waals surface area contributed by atoms with Crippen LogP contribution >= 0.6 is 0 Å². The van der Waals surface area contributed by atoms with Gasteiger partial charge in [-0.05, 0) is 29.8 Å². The summed E-state index contributed by atoms with van der Waals surface area (Å²) in [4.78, 5) is 15.7. The Morgan fingerprint density at radius 2 is 2.04 bits per heavy atom. The van der Waals surface area contributed by atoms with Crippen LogP contribution in [0, 0.1) is 5.82 Å². The predicted octanol–water partition coefficient (Wildman–Crippen LogP) is 1.17. The molecular weight excluding hydrogens is 361 g/mol. The van der Waals surface area contributed by atoms with E-state index in [4.69, 9.17) is 4.74 Å². The first kappa shape index (κ1) is 18.4. The molecule has 2 heterocycles. The zero-order chi connectivity index (χ0) is 18.6. The number of aromatic nitrogens is 1. The molecule has 26 heavy (non-hydrogen) atoms. The maximum Gasteiger partial charge on any atom is 0.251 e. The number of sulfonamides is 1. The van der Waals surface area contributed by atoms with Crippen molar-refractivity contribution in [1.29, 1.82) is 0 Å². The Morgan fingerprint density at radius 3 is 2.73 bits per heavy atom. The molecule has 1 aromatic heterocycles. The number of pyridine rings is 1. The lowest BCUT2D eigenvalue weighted by Crippen LogP contribution is -2.41. The van der Waals surface area contributed by atoms with Gasteiger partial charge in [0.25, 0.3) is 5.91 Å². The highest BCUT2D eigenvalue weighted by Crippen LogP contribution is 2.22. The SMILES string of the molecule is O=C(NCc1cccnc1)c1ccc(F)c(S(=O)(=O)N2CCOCC2)c1. The minimum Gasteiger partial charge on any atom is -0.379 e. The Morgan fingerprint density at radius 1 is 1.27 bits per heavy atom. The van der Waals surface area contributed by atoms with Gasteiger partial charge in [-0.2, -0.15) is 4.31 Å². The van der Waals surface area contributed by atoms with E-state index in [1.165, 1.54) is 6.07 Å². The van der Waals surface area contributed by atoms with Crippen LogP contribution in [0.1, 0.15) is 15.9 Å². The topological polar surface area (TPSA) is 88.6 Å². The molecule has 1 amide bonds. The predicted molar refractivity (Wildman–Crippen MR) is 91.4 cm³/mol. The molecule has 1 N–H and O–H groups in total. The first-order valence-electron chi connectivity index (χ1n) is 8.03. The lowest BCUT2D eigenvalue weighted by Gasteiger charge is -2.26. The molecule has 1 saturated heterocycles. The summed E-state index contributed by atoms with van der Waals surface area (Å²) in [6, 6.07) is 6.86. The maximum atomic E-state index is 14.2. The molecule has 0 spiro atoms. The van der Waals surface area contributed by atoms with Gasteiger partial charge < -0.3 is 10.1 Å². The summed E-state index contributed by atoms with van der Waals surface area (Å²) in [6.45, 7) is 1.05. The number of carbonyl (C=O) groups excluding carboxylic acids is 1. The third-order valence-electron chi connectivity index (χ3n) is 3.96.